The lowest BCUT2D eigenvalue weighted by Gasteiger charge is -2.06. The Morgan fingerprint density at radius 1 is 1.36 bits per heavy atom. The molecule has 0 bridgehead atoms. The van der Waals surface area contributed by atoms with Crippen LogP contribution in [0, 0.1) is 0 Å². The lowest BCUT2D eigenvalue weighted by Crippen LogP contribution is -2.10. The predicted octanol–water partition coefficient (Wildman–Crippen LogP) is 1.46. The van der Waals surface area contributed by atoms with Gasteiger partial charge in [0.25, 0.3) is 0 Å². The predicted molar refractivity (Wildman–Crippen MR) is 53.4 cm³/mol. The summed E-state index contributed by atoms with van der Waals surface area (Å²) in [4.78, 5) is 14.6. The minimum absolute atomic E-state index is 0.0752. The highest BCUT2D eigenvalue weighted by molar-refractivity contribution is 5.96. The molecule has 0 saturated carbocycles. The molecule has 1 aliphatic rings. The zero-order valence-electron chi connectivity index (χ0n) is 7.27. The summed E-state index contributed by atoms with van der Waals surface area (Å²) in [5.41, 5.74) is 1.70. The monoisotopic (exact) mass is 188 g/mol. The molecule has 0 aromatic heterocycles. The van der Waals surface area contributed by atoms with Crippen molar-refractivity contribution < 1.29 is 9.90 Å². The van der Waals surface area contributed by atoms with Gasteiger partial charge in [0.1, 0.15) is 5.70 Å². The molecule has 0 saturated heterocycles. The van der Waals surface area contributed by atoms with E-state index >= 15 is 0 Å². The van der Waals surface area contributed by atoms with Gasteiger partial charge in [-0.2, -0.15) is 0 Å². The third-order valence-corrected chi connectivity index (χ3v) is 1.88. The summed E-state index contributed by atoms with van der Waals surface area (Å²) in [5, 5.41) is 11.6. The van der Waals surface area contributed by atoms with Gasteiger partial charge >= 0.3 is 5.97 Å². The van der Waals surface area contributed by atoms with Crippen molar-refractivity contribution in [1.82, 2.24) is 0 Å². The Morgan fingerprint density at radius 2 is 2.14 bits per heavy atom. The first-order chi connectivity index (χ1) is 6.77. The van der Waals surface area contributed by atoms with E-state index in [1.807, 2.05) is 24.3 Å². The van der Waals surface area contributed by atoms with Crippen molar-refractivity contribution in [3.05, 3.63) is 41.7 Å². The van der Waals surface area contributed by atoms with E-state index in [0.717, 1.165) is 11.3 Å². The van der Waals surface area contributed by atoms with E-state index in [0.29, 0.717) is 0 Å². The van der Waals surface area contributed by atoms with Crippen LogP contribution in [0.3, 0.4) is 0 Å². The molecule has 0 amide bonds. The molecule has 1 aliphatic heterocycles. The maximum Gasteiger partial charge on any atom is 0.353 e. The number of aliphatic imine (C=N–C) groups is 1. The zero-order valence-corrected chi connectivity index (χ0v) is 7.27. The van der Waals surface area contributed by atoms with Gasteiger partial charge in [0.15, 0.2) is 0 Å². The Kier molecular flexibility index (Phi) is 2.02. The standard InChI is InChI=1S/C10H8N2O2/c13-10(14)9-6-11-5-7-3-1-2-4-8(7)12-9/h1-6,12H,(H,13,14). The molecule has 1 aromatic carbocycles. The smallest absolute Gasteiger partial charge is 0.353 e. The van der Waals surface area contributed by atoms with Crippen LogP contribution in [0.15, 0.2) is 41.2 Å². The topological polar surface area (TPSA) is 61.7 Å². The Balaban J connectivity index is 2.42. The fraction of sp³-hybridized carbons (Fsp3) is 0. The van der Waals surface area contributed by atoms with Gasteiger partial charge in [-0.25, -0.2) is 4.79 Å². The van der Waals surface area contributed by atoms with Crippen molar-refractivity contribution >= 4 is 17.9 Å². The van der Waals surface area contributed by atoms with Crippen molar-refractivity contribution in [2.75, 3.05) is 5.32 Å². The fourth-order valence-corrected chi connectivity index (χ4v) is 1.20. The molecule has 0 unspecified atom stereocenters. The van der Waals surface area contributed by atoms with Crippen molar-refractivity contribution in [3.63, 3.8) is 0 Å². The number of nitrogens with zero attached hydrogens (tertiary/aromatic N) is 1. The van der Waals surface area contributed by atoms with Gasteiger partial charge in [-0.1, -0.05) is 18.2 Å². The molecule has 70 valence electrons. The second kappa shape index (κ2) is 3.33. The van der Waals surface area contributed by atoms with E-state index in [1.54, 1.807) is 6.21 Å². The summed E-state index contributed by atoms with van der Waals surface area (Å²) in [5.74, 6) is -1.01. The molecule has 0 spiro atoms. The van der Waals surface area contributed by atoms with Crippen LogP contribution in [0.4, 0.5) is 5.69 Å². The molecule has 4 heteroatoms. The van der Waals surface area contributed by atoms with Gasteiger partial charge in [0.2, 0.25) is 0 Å². The SMILES string of the molecule is O=C(O)C1=CN=Cc2ccccc2N1. The second-order valence-corrected chi connectivity index (χ2v) is 2.84. The van der Waals surface area contributed by atoms with Gasteiger partial charge in [-0.3, -0.25) is 4.99 Å². The van der Waals surface area contributed by atoms with Crippen LogP contribution >= 0.6 is 0 Å². The molecular formula is C10H8N2O2. The van der Waals surface area contributed by atoms with Crippen molar-refractivity contribution in [2.45, 2.75) is 0 Å². The first kappa shape index (κ1) is 8.50. The molecule has 2 rings (SSSR count). The summed E-state index contributed by atoms with van der Waals surface area (Å²) in [7, 11) is 0. The van der Waals surface area contributed by atoms with E-state index in [-0.39, 0.29) is 5.70 Å². The molecule has 2 N–H and O–H groups in total. The lowest BCUT2D eigenvalue weighted by atomic mass is 10.2. The third-order valence-electron chi connectivity index (χ3n) is 1.88. The first-order valence-electron chi connectivity index (χ1n) is 4.10. The average Bonchev–Trinajstić information content (AvgIpc) is 2.39. The molecule has 1 aromatic rings. The summed E-state index contributed by atoms with van der Waals surface area (Å²) in [6, 6.07) is 7.39. The number of benzene rings is 1. The summed E-state index contributed by atoms with van der Waals surface area (Å²) in [6.45, 7) is 0. The molecule has 4 nitrogen and oxygen atoms in total. The van der Waals surface area contributed by atoms with Gasteiger partial charge in [0, 0.05) is 17.5 Å². The van der Waals surface area contributed by atoms with Crippen LogP contribution in [-0.4, -0.2) is 17.3 Å². The van der Waals surface area contributed by atoms with Crippen molar-refractivity contribution in [1.29, 1.82) is 0 Å². The van der Waals surface area contributed by atoms with Gasteiger partial charge in [-0.05, 0) is 6.07 Å². The van der Waals surface area contributed by atoms with Crippen molar-refractivity contribution in [2.24, 2.45) is 4.99 Å². The Bertz CT molecular complexity index is 436. The Morgan fingerprint density at radius 3 is 2.93 bits per heavy atom. The van der Waals surface area contributed by atoms with Crippen LogP contribution in [0.2, 0.25) is 0 Å². The maximum atomic E-state index is 10.7. The molecule has 0 atom stereocenters. The number of para-hydroxylation sites is 1. The van der Waals surface area contributed by atoms with Crippen LogP contribution in [0.1, 0.15) is 5.56 Å². The molecule has 0 radical (unpaired) electrons. The van der Waals surface area contributed by atoms with E-state index in [4.69, 9.17) is 5.11 Å². The number of carbonyl (C=O) groups is 1. The summed E-state index contributed by atoms with van der Waals surface area (Å²) >= 11 is 0. The fourth-order valence-electron chi connectivity index (χ4n) is 1.20. The first-order valence-corrected chi connectivity index (χ1v) is 4.10. The molecule has 0 aliphatic carbocycles. The summed E-state index contributed by atoms with van der Waals surface area (Å²) in [6.07, 6.45) is 2.92. The van der Waals surface area contributed by atoms with Crippen LogP contribution < -0.4 is 5.32 Å². The van der Waals surface area contributed by atoms with Crippen LogP contribution in [0.25, 0.3) is 0 Å². The van der Waals surface area contributed by atoms with E-state index in [2.05, 4.69) is 10.3 Å². The highest BCUT2D eigenvalue weighted by atomic mass is 16.4. The Labute approximate surface area is 80.6 Å². The molecule has 0 fully saturated rings. The Hall–Kier alpha value is -2.10. The van der Waals surface area contributed by atoms with Gasteiger partial charge in [0.05, 0.1) is 6.20 Å². The second-order valence-electron chi connectivity index (χ2n) is 2.84. The van der Waals surface area contributed by atoms with Crippen molar-refractivity contribution in [3.8, 4) is 0 Å². The number of hydrogen-bond donors (Lipinski definition) is 2. The molecular weight excluding hydrogens is 180 g/mol. The van der Waals surface area contributed by atoms with E-state index < -0.39 is 5.97 Å². The van der Waals surface area contributed by atoms with E-state index in [9.17, 15) is 4.79 Å². The highest BCUT2D eigenvalue weighted by Gasteiger charge is 2.10. The van der Waals surface area contributed by atoms with Crippen LogP contribution in [-0.2, 0) is 4.79 Å². The number of anilines is 1. The summed E-state index contributed by atoms with van der Waals surface area (Å²) < 4.78 is 0. The highest BCUT2D eigenvalue weighted by Crippen LogP contribution is 2.17. The number of aliphatic carboxylic acids is 1. The quantitative estimate of drug-likeness (QED) is 0.701. The number of nitrogens with one attached hydrogen (secondary N) is 1. The minimum atomic E-state index is -1.01. The normalized spacial score (nSPS) is 13.6. The molecule has 1 heterocycles. The zero-order chi connectivity index (χ0) is 9.97. The average molecular weight is 188 g/mol. The number of carboxylic acids is 1. The lowest BCUT2D eigenvalue weighted by molar-refractivity contribution is -0.132. The third kappa shape index (κ3) is 1.50. The van der Waals surface area contributed by atoms with Gasteiger partial charge < -0.3 is 10.4 Å². The number of hydrogen-bond acceptors (Lipinski definition) is 3. The largest absolute Gasteiger partial charge is 0.477 e. The number of carboxylic acid groups (broad SMARTS) is 1. The van der Waals surface area contributed by atoms with Gasteiger partial charge in [-0.15, -0.1) is 0 Å². The number of rotatable bonds is 1. The number of fused-ring (bicyclic) bond motifs is 1. The molecule has 14 heavy (non-hydrogen) atoms. The van der Waals surface area contributed by atoms with Crippen LogP contribution in [0.5, 0.6) is 0 Å². The maximum absolute atomic E-state index is 10.7. The van der Waals surface area contributed by atoms with E-state index in [1.165, 1.54) is 6.20 Å². The minimum Gasteiger partial charge on any atom is -0.477 e.